The van der Waals surface area contributed by atoms with E-state index in [1.54, 1.807) is 11.1 Å². The van der Waals surface area contributed by atoms with Crippen LogP contribution in [0.4, 0.5) is 0 Å². The highest BCUT2D eigenvalue weighted by molar-refractivity contribution is 5.89. The first-order valence-corrected chi connectivity index (χ1v) is 10.1. The molecule has 7 nitrogen and oxygen atoms in total. The fraction of sp³-hybridized carbons (Fsp3) is 0.524. The molecule has 2 aromatic heterocycles. The highest BCUT2D eigenvalue weighted by atomic mass is 16.2. The maximum Gasteiger partial charge on any atom is 0.227 e. The molecule has 2 aliphatic rings. The number of aromatic nitrogens is 3. The van der Waals surface area contributed by atoms with Crippen LogP contribution >= 0.6 is 0 Å². The predicted octanol–water partition coefficient (Wildman–Crippen LogP) is 2.05. The maximum absolute atomic E-state index is 13.0. The Morgan fingerprint density at radius 3 is 2.71 bits per heavy atom. The van der Waals surface area contributed by atoms with Gasteiger partial charge in [-0.15, -0.1) is 0 Å². The molecule has 0 N–H and O–H groups in total. The van der Waals surface area contributed by atoms with Crippen molar-refractivity contribution in [2.75, 3.05) is 19.6 Å². The van der Waals surface area contributed by atoms with Crippen LogP contribution in [0.5, 0.6) is 0 Å². The molecule has 2 fully saturated rings. The van der Waals surface area contributed by atoms with Gasteiger partial charge in [-0.2, -0.15) is 0 Å². The lowest BCUT2D eigenvalue weighted by Crippen LogP contribution is -2.42. The van der Waals surface area contributed by atoms with E-state index in [2.05, 4.69) is 21.5 Å². The third kappa shape index (κ3) is 3.79. The molecule has 7 heteroatoms. The molecule has 0 bridgehead atoms. The van der Waals surface area contributed by atoms with Crippen molar-refractivity contribution >= 4 is 11.8 Å². The largest absolute Gasteiger partial charge is 0.342 e. The smallest absolute Gasteiger partial charge is 0.227 e. The molecule has 0 aliphatic carbocycles. The Bertz CT molecular complexity index is 826. The molecule has 1 atom stereocenters. The summed E-state index contributed by atoms with van der Waals surface area (Å²) in [5, 5.41) is 0. The number of amides is 2. The number of carbonyl (C=O) groups is 2. The monoisotopic (exact) mass is 381 g/mol. The molecule has 2 aliphatic heterocycles. The van der Waals surface area contributed by atoms with Crippen molar-refractivity contribution in [1.82, 2.24) is 24.3 Å². The predicted molar refractivity (Wildman–Crippen MR) is 104 cm³/mol. The lowest BCUT2D eigenvalue weighted by molar-refractivity contribution is -0.136. The SMILES string of the molecule is CCn1ccnc1C1CCN(C(=O)[C@@H]2CC(=O)N(Cc3ccccn3)C2)CC1. The first-order chi connectivity index (χ1) is 13.7. The standard InChI is InChI=1S/C21H27N5O2/c1-2-24-12-9-23-20(24)16-6-10-25(11-7-16)21(28)17-13-19(27)26(14-17)15-18-5-3-4-8-22-18/h3-5,8-9,12,16-17H,2,6-7,10-11,13-15H2,1H3/t17-/m1/s1. The lowest BCUT2D eigenvalue weighted by Gasteiger charge is -2.33. The summed E-state index contributed by atoms with van der Waals surface area (Å²) in [6, 6.07) is 5.69. The van der Waals surface area contributed by atoms with Crippen LogP contribution < -0.4 is 0 Å². The summed E-state index contributed by atoms with van der Waals surface area (Å²) >= 11 is 0. The molecule has 148 valence electrons. The van der Waals surface area contributed by atoms with E-state index in [-0.39, 0.29) is 17.7 Å². The molecule has 4 heterocycles. The van der Waals surface area contributed by atoms with Crippen LogP contribution in [0.1, 0.15) is 43.6 Å². The van der Waals surface area contributed by atoms with Crippen LogP contribution in [-0.4, -0.2) is 55.8 Å². The summed E-state index contributed by atoms with van der Waals surface area (Å²) in [6.45, 7) is 5.50. The van der Waals surface area contributed by atoms with E-state index in [9.17, 15) is 9.59 Å². The Kier molecular flexibility index (Phi) is 5.41. The summed E-state index contributed by atoms with van der Waals surface area (Å²) in [5.41, 5.74) is 0.858. The van der Waals surface area contributed by atoms with E-state index in [1.807, 2.05) is 35.5 Å². The number of carbonyl (C=O) groups excluding carboxylic acids is 2. The second-order valence-electron chi connectivity index (χ2n) is 7.67. The molecule has 4 rings (SSSR count). The Labute approximate surface area is 165 Å². The molecular weight excluding hydrogens is 354 g/mol. The molecule has 2 aromatic rings. The van der Waals surface area contributed by atoms with Gasteiger partial charge in [-0.3, -0.25) is 14.6 Å². The summed E-state index contributed by atoms with van der Waals surface area (Å²) in [6.07, 6.45) is 7.78. The molecule has 2 saturated heterocycles. The molecule has 0 aromatic carbocycles. The fourth-order valence-corrected chi connectivity index (χ4v) is 4.34. The van der Waals surface area contributed by atoms with Crippen molar-refractivity contribution < 1.29 is 9.59 Å². The van der Waals surface area contributed by atoms with E-state index in [0.29, 0.717) is 25.4 Å². The van der Waals surface area contributed by atoms with Gasteiger partial charge in [0.05, 0.1) is 18.2 Å². The number of imidazole rings is 1. The third-order valence-electron chi connectivity index (χ3n) is 5.90. The van der Waals surface area contributed by atoms with Gasteiger partial charge in [0.15, 0.2) is 0 Å². The van der Waals surface area contributed by atoms with Crippen molar-refractivity contribution in [2.45, 2.75) is 45.2 Å². The van der Waals surface area contributed by atoms with E-state index >= 15 is 0 Å². The Balaban J connectivity index is 1.32. The van der Waals surface area contributed by atoms with E-state index in [4.69, 9.17) is 0 Å². The van der Waals surface area contributed by atoms with Gasteiger partial charge < -0.3 is 14.4 Å². The van der Waals surface area contributed by atoms with Crippen LogP contribution in [-0.2, 0) is 22.7 Å². The third-order valence-corrected chi connectivity index (χ3v) is 5.90. The normalized spacial score (nSPS) is 20.8. The number of rotatable bonds is 5. The van der Waals surface area contributed by atoms with Crippen LogP contribution in [0.15, 0.2) is 36.8 Å². The highest BCUT2D eigenvalue weighted by Gasteiger charge is 2.37. The molecule has 28 heavy (non-hydrogen) atoms. The van der Waals surface area contributed by atoms with Crippen molar-refractivity contribution in [3.8, 4) is 0 Å². The van der Waals surface area contributed by atoms with Gasteiger partial charge in [0.25, 0.3) is 0 Å². The number of hydrogen-bond donors (Lipinski definition) is 0. The van der Waals surface area contributed by atoms with Crippen molar-refractivity contribution in [2.24, 2.45) is 5.92 Å². The first-order valence-electron chi connectivity index (χ1n) is 10.1. The summed E-state index contributed by atoms with van der Waals surface area (Å²) < 4.78 is 2.19. The molecular formula is C21H27N5O2. The number of hydrogen-bond acceptors (Lipinski definition) is 4. The molecule has 0 radical (unpaired) electrons. The fourth-order valence-electron chi connectivity index (χ4n) is 4.34. The number of piperidine rings is 1. The van der Waals surface area contributed by atoms with Crippen LogP contribution in [0, 0.1) is 5.92 Å². The maximum atomic E-state index is 13.0. The van der Waals surface area contributed by atoms with Gasteiger partial charge >= 0.3 is 0 Å². The minimum Gasteiger partial charge on any atom is -0.342 e. The first kappa shape index (κ1) is 18.7. The lowest BCUT2D eigenvalue weighted by atomic mass is 9.94. The van der Waals surface area contributed by atoms with E-state index < -0.39 is 0 Å². The average molecular weight is 381 g/mol. The zero-order chi connectivity index (χ0) is 19.5. The van der Waals surface area contributed by atoms with Gasteiger partial charge in [-0.1, -0.05) is 6.07 Å². The van der Waals surface area contributed by atoms with Crippen molar-refractivity contribution in [3.63, 3.8) is 0 Å². The van der Waals surface area contributed by atoms with Crippen LogP contribution in [0.3, 0.4) is 0 Å². The van der Waals surface area contributed by atoms with Crippen molar-refractivity contribution in [1.29, 1.82) is 0 Å². The Hall–Kier alpha value is -2.70. The number of pyridine rings is 1. The van der Waals surface area contributed by atoms with Crippen LogP contribution in [0.25, 0.3) is 0 Å². The Morgan fingerprint density at radius 1 is 1.18 bits per heavy atom. The second-order valence-corrected chi connectivity index (χ2v) is 7.67. The summed E-state index contributed by atoms with van der Waals surface area (Å²) in [5.74, 6) is 1.47. The Morgan fingerprint density at radius 2 is 2.00 bits per heavy atom. The highest BCUT2D eigenvalue weighted by Crippen LogP contribution is 2.29. The van der Waals surface area contributed by atoms with Crippen molar-refractivity contribution in [3.05, 3.63) is 48.3 Å². The molecule has 2 amide bonds. The van der Waals surface area contributed by atoms with Gasteiger partial charge in [-0.25, -0.2) is 4.98 Å². The average Bonchev–Trinajstić information content (AvgIpc) is 3.35. The molecule has 0 unspecified atom stereocenters. The van der Waals surface area contributed by atoms with Gasteiger partial charge in [0.1, 0.15) is 5.82 Å². The molecule has 0 saturated carbocycles. The quantitative estimate of drug-likeness (QED) is 0.795. The van der Waals surface area contributed by atoms with Crippen LogP contribution in [0.2, 0.25) is 0 Å². The number of likely N-dealkylation sites (tertiary alicyclic amines) is 2. The molecule has 0 spiro atoms. The van der Waals surface area contributed by atoms with E-state index in [1.165, 1.54) is 0 Å². The van der Waals surface area contributed by atoms with E-state index in [0.717, 1.165) is 44.0 Å². The van der Waals surface area contributed by atoms with Gasteiger partial charge in [0.2, 0.25) is 11.8 Å². The summed E-state index contributed by atoms with van der Waals surface area (Å²) in [7, 11) is 0. The summed E-state index contributed by atoms with van der Waals surface area (Å²) in [4.78, 5) is 37.8. The van der Waals surface area contributed by atoms with Gasteiger partial charge in [0, 0.05) is 57.1 Å². The minimum atomic E-state index is -0.231. The zero-order valence-corrected chi connectivity index (χ0v) is 16.3. The zero-order valence-electron chi connectivity index (χ0n) is 16.3. The number of aryl methyl sites for hydroxylation is 1. The topological polar surface area (TPSA) is 71.3 Å². The number of nitrogens with zero attached hydrogens (tertiary/aromatic N) is 5. The van der Waals surface area contributed by atoms with Gasteiger partial charge in [-0.05, 0) is 31.9 Å². The second kappa shape index (κ2) is 8.12. The minimum absolute atomic E-state index is 0.0452.